The first-order chi connectivity index (χ1) is 12.6. The number of nitrogens with zero attached hydrogens (tertiary/aromatic N) is 4. The number of benzene rings is 2. The highest BCUT2D eigenvalue weighted by atomic mass is 19.1. The molecule has 4 rings (SSSR count). The molecule has 0 spiro atoms. The van der Waals surface area contributed by atoms with Gasteiger partial charge >= 0.3 is 0 Å². The number of nitrogens with one attached hydrogen (secondary N) is 1. The molecule has 7 nitrogen and oxygen atoms in total. The first kappa shape index (κ1) is 15.7. The van der Waals surface area contributed by atoms with Gasteiger partial charge in [-0.2, -0.15) is 5.10 Å². The van der Waals surface area contributed by atoms with Crippen molar-refractivity contribution >= 4 is 16.9 Å². The Balaban J connectivity index is 1.71. The van der Waals surface area contributed by atoms with Crippen molar-refractivity contribution in [3.8, 4) is 5.69 Å². The highest BCUT2D eigenvalue weighted by molar-refractivity contribution is 5.99. The molecule has 0 aliphatic carbocycles. The van der Waals surface area contributed by atoms with Gasteiger partial charge in [-0.25, -0.2) is 18.7 Å². The van der Waals surface area contributed by atoms with Gasteiger partial charge in [-0.1, -0.05) is 18.2 Å². The summed E-state index contributed by atoms with van der Waals surface area (Å²) in [4.78, 5) is 29.0. The molecule has 26 heavy (non-hydrogen) atoms. The van der Waals surface area contributed by atoms with E-state index in [0.717, 1.165) is 4.68 Å². The van der Waals surface area contributed by atoms with Crippen molar-refractivity contribution in [3.63, 3.8) is 0 Å². The van der Waals surface area contributed by atoms with Crippen LogP contribution in [0.3, 0.4) is 0 Å². The second-order valence-corrected chi connectivity index (χ2v) is 5.50. The highest BCUT2D eigenvalue weighted by Crippen LogP contribution is 2.14. The molecule has 0 radical (unpaired) electrons. The number of carbonyl (C=O) groups excluding carboxylic acids is 1. The molecule has 128 valence electrons. The molecule has 0 bridgehead atoms. The summed E-state index contributed by atoms with van der Waals surface area (Å²) in [7, 11) is 0. The van der Waals surface area contributed by atoms with E-state index in [0.29, 0.717) is 16.9 Å². The normalized spacial score (nSPS) is 10.8. The standard InChI is InChI=1S/C18H12FN5O2/c19-13-6-8-14(9-7-13)24-16-15(10-21-24)18(26)23(11-20-16)22-17(25)12-4-2-1-3-5-12/h1-11H,(H,22,25). The minimum absolute atomic E-state index is 0.227. The van der Waals surface area contributed by atoms with Crippen molar-refractivity contribution in [1.82, 2.24) is 19.4 Å². The lowest BCUT2D eigenvalue weighted by molar-refractivity contribution is 0.101. The SMILES string of the molecule is O=C(Nn1cnc2c(cnn2-c2ccc(F)cc2)c1=O)c1ccccc1. The first-order valence-electron chi connectivity index (χ1n) is 7.71. The van der Waals surface area contributed by atoms with Gasteiger partial charge in [0.25, 0.3) is 11.5 Å². The number of amides is 1. The van der Waals surface area contributed by atoms with Crippen LogP contribution in [-0.2, 0) is 0 Å². The third-order valence-electron chi connectivity index (χ3n) is 3.82. The second-order valence-electron chi connectivity index (χ2n) is 5.50. The molecular formula is C18H12FN5O2. The van der Waals surface area contributed by atoms with E-state index in [1.165, 1.54) is 41.5 Å². The predicted molar refractivity (Wildman–Crippen MR) is 93.2 cm³/mol. The molecule has 0 saturated heterocycles. The monoisotopic (exact) mass is 349 g/mol. The van der Waals surface area contributed by atoms with E-state index in [-0.39, 0.29) is 11.2 Å². The maximum absolute atomic E-state index is 13.1. The van der Waals surface area contributed by atoms with Crippen molar-refractivity contribution < 1.29 is 9.18 Å². The fourth-order valence-electron chi connectivity index (χ4n) is 2.53. The maximum atomic E-state index is 13.1. The topological polar surface area (TPSA) is 81.8 Å². The molecule has 1 N–H and O–H groups in total. The number of rotatable bonds is 3. The number of carbonyl (C=O) groups is 1. The zero-order chi connectivity index (χ0) is 18.1. The Labute approximate surface area is 146 Å². The van der Waals surface area contributed by atoms with Gasteiger partial charge < -0.3 is 0 Å². The molecule has 2 aromatic carbocycles. The largest absolute Gasteiger partial charge is 0.283 e. The number of fused-ring (bicyclic) bond motifs is 1. The third-order valence-corrected chi connectivity index (χ3v) is 3.82. The summed E-state index contributed by atoms with van der Waals surface area (Å²) in [6.07, 6.45) is 2.58. The first-order valence-corrected chi connectivity index (χ1v) is 7.71. The van der Waals surface area contributed by atoms with Gasteiger partial charge in [-0.15, -0.1) is 0 Å². The van der Waals surface area contributed by atoms with Crippen molar-refractivity contribution in [1.29, 1.82) is 0 Å². The molecule has 0 unspecified atom stereocenters. The summed E-state index contributed by atoms with van der Waals surface area (Å²) in [5, 5.41) is 4.37. The minimum atomic E-state index is -0.465. The van der Waals surface area contributed by atoms with Crippen LogP contribution in [0.4, 0.5) is 4.39 Å². The number of hydrogen-bond acceptors (Lipinski definition) is 4. The average molecular weight is 349 g/mol. The van der Waals surface area contributed by atoms with E-state index >= 15 is 0 Å². The number of hydrogen-bond donors (Lipinski definition) is 1. The molecule has 1 amide bonds. The molecule has 0 saturated carbocycles. The van der Waals surface area contributed by atoms with Crippen LogP contribution in [0.1, 0.15) is 10.4 Å². The van der Waals surface area contributed by atoms with Crippen LogP contribution in [0.5, 0.6) is 0 Å². The van der Waals surface area contributed by atoms with E-state index in [9.17, 15) is 14.0 Å². The molecule has 0 aliphatic heterocycles. The van der Waals surface area contributed by atoms with Gasteiger partial charge in [0.15, 0.2) is 5.65 Å². The summed E-state index contributed by atoms with van der Waals surface area (Å²) < 4.78 is 15.5. The smallest absolute Gasteiger partial charge is 0.267 e. The van der Waals surface area contributed by atoms with E-state index < -0.39 is 11.5 Å². The van der Waals surface area contributed by atoms with Crippen molar-refractivity contribution in [2.45, 2.75) is 0 Å². The Morgan fingerprint density at radius 1 is 1.04 bits per heavy atom. The molecule has 0 atom stereocenters. The zero-order valence-electron chi connectivity index (χ0n) is 13.3. The van der Waals surface area contributed by atoms with E-state index in [4.69, 9.17) is 0 Å². The fraction of sp³-hybridized carbons (Fsp3) is 0. The lowest BCUT2D eigenvalue weighted by atomic mass is 10.2. The number of halogens is 1. The van der Waals surface area contributed by atoms with Crippen LogP contribution in [0, 0.1) is 5.82 Å². The van der Waals surface area contributed by atoms with Crippen LogP contribution in [0.25, 0.3) is 16.7 Å². The van der Waals surface area contributed by atoms with Gasteiger partial charge in [0.2, 0.25) is 0 Å². The van der Waals surface area contributed by atoms with Gasteiger partial charge in [0.05, 0.1) is 11.9 Å². The molecule has 0 aliphatic rings. The number of aromatic nitrogens is 4. The molecule has 2 heterocycles. The second kappa shape index (κ2) is 6.25. The van der Waals surface area contributed by atoms with Gasteiger partial charge in [0.1, 0.15) is 17.5 Å². The average Bonchev–Trinajstić information content (AvgIpc) is 3.10. The van der Waals surface area contributed by atoms with Crippen molar-refractivity contribution in [3.05, 3.63) is 88.9 Å². The van der Waals surface area contributed by atoms with Gasteiger partial charge in [0, 0.05) is 5.56 Å². The molecule has 0 fully saturated rings. The molecule has 4 aromatic rings. The highest BCUT2D eigenvalue weighted by Gasteiger charge is 2.13. The van der Waals surface area contributed by atoms with Crippen LogP contribution >= 0.6 is 0 Å². The minimum Gasteiger partial charge on any atom is -0.267 e. The van der Waals surface area contributed by atoms with E-state index in [2.05, 4.69) is 15.5 Å². The maximum Gasteiger partial charge on any atom is 0.283 e. The Morgan fingerprint density at radius 2 is 1.77 bits per heavy atom. The zero-order valence-corrected chi connectivity index (χ0v) is 13.3. The molecular weight excluding hydrogens is 337 g/mol. The van der Waals surface area contributed by atoms with E-state index in [1.807, 2.05) is 0 Å². The summed E-state index contributed by atoms with van der Waals surface area (Å²) >= 11 is 0. The van der Waals surface area contributed by atoms with Crippen LogP contribution in [-0.4, -0.2) is 25.3 Å². The lowest BCUT2D eigenvalue weighted by Gasteiger charge is -2.08. The van der Waals surface area contributed by atoms with Gasteiger partial charge in [-0.3, -0.25) is 15.0 Å². The summed E-state index contributed by atoms with van der Waals surface area (Å²) in [6.45, 7) is 0. The fourth-order valence-corrected chi connectivity index (χ4v) is 2.53. The van der Waals surface area contributed by atoms with Crippen molar-refractivity contribution in [2.24, 2.45) is 0 Å². The van der Waals surface area contributed by atoms with Gasteiger partial charge in [-0.05, 0) is 36.4 Å². The molecule has 2 aromatic heterocycles. The lowest BCUT2D eigenvalue weighted by Crippen LogP contribution is -2.33. The molecule has 8 heteroatoms. The van der Waals surface area contributed by atoms with Crippen molar-refractivity contribution in [2.75, 3.05) is 5.43 Å². The Kier molecular flexibility index (Phi) is 3.77. The summed E-state index contributed by atoms with van der Waals surface area (Å²) in [6, 6.07) is 14.2. The predicted octanol–water partition coefficient (Wildman–Crippen LogP) is 2.11. The van der Waals surface area contributed by atoms with E-state index in [1.54, 1.807) is 30.3 Å². The van der Waals surface area contributed by atoms with Crippen LogP contribution in [0.2, 0.25) is 0 Å². The van der Waals surface area contributed by atoms with Crippen LogP contribution in [0.15, 0.2) is 71.9 Å². The Hall–Kier alpha value is -3.81. The quantitative estimate of drug-likeness (QED) is 0.614. The summed E-state index contributed by atoms with van der Waals surface area (Å²) in [5.41, 5.74) is 3.32. The Morgan fingerprint density at radius 3 is 2.50 bits per heavy atom. The third kappa shape index (κ3) is 2.73. The summed E-state index contributed by atoms with van der Waals surface area (Å²) in [5.74, 6) is -0.802. The van der Waals surface area contributed by atoms with Crippen LogP contribution < -0.4 is 11.0 Å². The Bertz CT molecular complexity index is 1150.